The molecule has 0 saturated heterocycles. The highest BCUT2D eigenvalue weighted by Crippen LogP contribution is 2.19. The zero-order valence-corrected chi connectivity index (χ0v) is 14.7. The highest BCUT2D eigenvalue weighted by Gasteiger charge is 2.17. The van der Waals surface area contributed by atoms with Gasteiger partial charge in [0.1, 0.15) is 4.88 Å². The Morgan fingerprint density at radius 3 is 2.54 bits per heavy atom. The zero-order valence-electron chi connectivity index (χ0n) is 13.1. The Balaban J connectivity index is 1.94. The molecule has 1 aromatic carbocycles. The van der Waals surface area contributed by atoms with E-state index in [1.54, 1.807) is 12.1 Å². The van der Waals surface area contributed by atoms with Gasteiger partial charge in [0, 0.05) is 6.42 Å². The zero-order chi connectivity index (χ0) is 17.7. The largest absolute Gasteiger partial charge is 0.465 e. The first-order valence-electron chi connectivity index (χ1n) is 6.95. The number of benzene rings is 1. The molecule has 1 aromatic heterocycles. The average Bonchev–Trinajstić information content (AvgIpc) is 3.01. The molecule has 128 valence electrons. The molecule has 9 heteroatoms. The summed E-state index contributed by atoms with van der Waals surface area (Å²) in [7, 11) is -2.28. The Morgan fingerprint density at radius 2 is 1.92 bits per heavy atom. The van der Waals surface area contributed by atoms with Crippen molar-refractivity contribution >= 4 is 38.2 Å². The van der Waals surface area contributed by atoms with Gasteiger partial charge in [-0.3, -0.25) is 4.79 Å². The molecule has 0 unspecified atom stereocenters. The predicted molar refractivity (Wildman–Crippen MR) is 89.9 cm³/mol. The van der Waals surface area contributed by atoms with Crippen molar-refractivity contribution in [2.75, 3.05) is 18.2 Å². The number of anilines is 1. The second-order valence-electron chi connectivity index (χ2n) is 4.95. The summed E-state index contributed by atoms with van der Waals surface area (Å²) < 4.78 is 28.9. The monoisotopic (exact) mass is 368 g/mol. The van der Waals surface area contributed by atoms with Gasteiger partial charge in [0.15, 0.2) is 15.0 Å². The third kappa shape index (κ3) is 4.62. The lowest BCUT2D eigenvalue weighted by Gasteiger charge is -2.05. The van der Waals surface area contributed by atoms with Gasteiger partial charge in [0.2, 0.25) is 5.91 Å². The standard InChI is InChI=1S/C15H16N2O5S2/c1-10-3-5-11(6-4-10)24(20,21)8-7-13(18)17-15-16-9-12(23-15)14(19)22-2/h3-6,9H,7-8H2,1-2H3,(H,16,17,18). The van der Waals surface area contributed by atoms with E-state index in [-0.39, 0.29) is 27.1 Å². The summed E-state index contributed by atoms with van der Waals surface area (Å²) in [5.74, 6) is -1.34. The number of aromatic nitrogens is 1. The highest BCUT2D eigenvalue weighted by atomic mass is 32.2. The number of carbonyl (C=O) groups excluding carboxylic acids is 2. The fraction of sp³-hybridized carbons (Fsp3) is 0.267. The van der Waals surface area contributed by atoms with Crippen molar-refractivity contribution in [3.8, 4) is 0 Å². The van der Waals surface area contributed by atoms with E-state index in [1.165, 1.54) is 25.4 Å². The van der Waals surface area contributed by atoms with Crippen molar-refractivity contribution in [2.24, 2.45) is 0 Å². The number of thiazole rings is 1. The molecular weight excluding hydrogens is 352 g/mol. The number of aryl methyl sites for hydroxylation is 1. The molecule has 0 aliphatic rings. The van der Waals surface area contributed by atoms with Crippen molar-refractivity contribution in [1.29, 1.82) is 0 Å². The molecule has 0 aliphatic heterocycles. The summed E-state index contributed by atoms with van der Waals surface area (Å²) >= 11 is 0.958. The van der Waals surface area contributed by atoms with Crippen LogP contribution in [0.5, 0.6) is 0 Å². The first kappa shape index (κ1) is 18.1. The highest BCUT2D eigenvalue weighted by molar-refractivity contribution is 7.91. The SMILES string of the molecule is COC(=O)c1cnc(NC(=O)CCS(=O)(=O)c2ccc(C)cc2)s1. The van der Waals surface area contributed by atoms with Crippen LogP contribution in [0.4, 0.5) is 5.13 Å². The van der Waals surface area contributed by atoms with Crippen molar-refractivity contribution < 1.29 is 22.7 Å². The summed E-state index contributed by atoms with van der Waals surface area (Å²) in [4.78, 5) is 27.5. The smallest absolute Gasteiger partial charge is 0.349 e. The number of hydrogen-bond acceptors (Lipinski definition) is 7. The number of nitrogens with one attached hydrogen (secondary N) is 1. The number of hydrogen-bond donors (Lipinski definition) is 1. The number of nitrogens with zero attached hydrogens (tertiary/aromatic N) is 1. The van der Waals surface area contributed by atoms with E-state index < -0.39 is 21.7 Å². The summed E-state index contributed by atoms with van der Waals surface area (Å²) in [6.07, 6.45) is 1.08. The first-order chi connectivity index (χ1) is 11.3. The summed E-state index contributed by atoms with van der Waals surface area (Å²) in [5, 5.41) is 2.69. The van der Waals surface area contributed by atoms with Crippen LogP contribution in [-0.2, 0) is 19.4 Å². The van der Waals surface area contributed by atoms with Gasteiger partial charge < -0.3 is 10.1 Å². The Kier molecular flexibility index (Phi) is 5.68. The second-order valence-corrected chi connectivity index (χ2v) is 8.09. The average molecular weight is 368 g/mol. The third-order valence-corrected chi connectivity index (χ3v) is 5.74. The van der Waals surface area contributed by atoms with Crippen LogP contribution >= 0.6 is 11.3 Å². The minimum Gasteiger partial charge on any atom is -0.465 e. The number of sulfone groups is 1. The number of esters is 1. The van der Waals surface area contributed by atoms with Gasteiger partial charge in [0.05, 0.1) is 24.0 Å². The predicted octanol–water partition coefficient (Wildman–Crippen LogP) is 2.04. The van der Waals surface area contributed by atoms with Gasteiger partial charge in [-0.05, 0) is 19.1 Å². The van der Waals surface area contributed by atoms with E-state index in [9.17, 15) is 18.0 Å². The lowest BCUT2D eigenvalue weighted by atomic mass is 10.2. The van der Waals surface area contributed by atoms with Crippen LogP contribution in [0.3, 0.4) is 0 Å². The molecule has 0 atom stereocenters. The molecule has 0 bridgehead atoms. The van der Waals surface area contributed by atoms with E-state index in [0.29, 0.717) is 0 Å². The van der Waals surface area contributed by atoms with E-state index in [1.807, 2.05) is 6.92 Å². The molecule has 0 fully saturated rings. The molecule has 1 heterocycles. The lowest BCUT2D eigenvalue weighted by Crippen LogP contribution is -2.17. The number of carbonyl (C=O) groups is 2. The van der Waals surface area contributed by atoms with E-state index in [4.69, 9.17) is 0 Å². The van der Waals surface area contributed by atoms with E-state index >= 15 is 0 Å². The minimum absolute atomic E-state index is 0.183. The molecule has 1 amide bonds. The Hall–Kier alpha value is -2.26. The van der Waals surface area contributed by atoms with Crippen LogP contribution in [-0.4, -0.2) is 38.1 Å². The van der Waals surface area contributed by atoms with Gasteiger partial charge in [-0.25, -0.2) is 18.2 Å². The van der Waals surface area contributed by atoms with E-state index in [2.05, 4.69) is 15.0 Å². The Bertz CT molecular complexity index is 841. The Morgan fingerprint density at radius 1 is 1.25 bits per heavy atom. The molecule has 0 spiro atoms. The fourth-order valence-electron chi connectivity index (χ4n) is 1.80. The number of amides is 1. The molecule has 7 nitrogen and oxygen atoms in total. The lowest BCUT2D eigenvalue weighted by molar-refractivity contribution is -0.115. The van der Waals surface area contributed by atoms with Crippen LogP contribution < -0.4 is 5.32 Å². The molecule has 24 heavy (non-hydrogen) atoms. The molecule has 2 rings (SSSR count). The van der Waals surface area contributed by atoms with Crippen LogP contribution in [0.25, 0.3) is 0 Å². The summed E-state index contributed by atoms with van der Waals surface area (Å²) in [5.41, 5.74) is 0.955. The summed E-state index contributed by atoms with van der Waals surface area (Å²) in [6.45, 7) is 1.86. The quantitative estimate of drug-likeness (QED) is 0.783. The molecule has 0 saturated carbocycles. The number of ether oxygens (including phenoxy) is 1. The first-order valence-corrected chi connectivity index (χ1v) is 9.42. The van der Waals surface area contributed by atoms with Crippen molar-refractivity contribution in [1.82, 2.24) is 4.98 Å². The van der Waals surface area contributed by atoms with Gasteiger partial charge in [-0.15, -0.1) is 0 Å². The van der Waals surface area contributed by atoms with Gasteiger partial charge in [-0.2, -0.15) is 0 Å². The van der Waals surface area contributed by atoms with E-state index in [0.717, 1.165) is 16.9 Å². The van der Waals surface area contributed by atoms with Crippen molar-refractivity contribution in [3.63, 3.8) is 0 Å². The van der Waals surface area contributed by atoms with Crippen LogP contribution in [0.2, 0.25) is 0 Å². The normalized spacial score (nSPS) is 11.1. The third-order valence-electron chi connectivity index (χ3n) is 3.12. The number of rotatable bonds is 6. The maximum atomic E-state index is 12.2. The van der Waals surface area contributed by atoms with Gasteiger partial charge >= 0.3 is 5.97 Å². The second kappa shape index (κ2) is 7.54. The maximum absolute atomic E-state index is 12.2. The van der Waals surface area contributed by atoms with Crippen LogP contribution in [0.15, 0.2) is 35.4 Å². The van der Waals surface area contributed by atoms with Gasteiger partial charge in [-0.1, -0.05) is 29.0 Å². The maximum Gasteiger partial charge on any atom is 0.349 e. The molecule has 0 aliphatic carbocycles. The Labute approximate surface area is 143 Å². The topological polar surface area (TPSA) is 102 Å². The summed E-state index contributed by atoms with van der Waals surface area (Å²) in [6, 6.07) is 6.45. The minimum atomic E-state index is -3.53. The van der Waals surface area contributed by atoms with Gasteiger partial charge in [0.25, 0.3) is 0 Å². The number of methoxy groups -OCH3 is 1. The fourth-order valence-corrected chi connectivity index (χ4v) is 3.79. The molecule has 1 N–H and O–H groups in total. The van der Waals surface area contributed by atoms with Crippen LogP contribution in [0, 0.1) is 6.92 Å². The van der Waals surface area contributed by atoms with Crippen molar-refractivity contribution in [2.45, 2.75) is 18.2 Å². The molecular formula is C15H16N2O5S2. The molecule has 2 aromatic rings. The molecule has 0 radical (unpaired) electrons. The van der Waals surface area contributed by atoms with Crippen LogP contribution in [0.1, 0.15) is 21.7 Å². The van der Waals surface area contributed by atoms with Crippen molar-refractivity contribution in [3.05, 3.63) is 40.9 Å².